The minimum Gasteiger partial charge on any atom is -0.314 e. The molecule has 1 atom stereocenters. The number of nitrogens with zero attached hydrogens (tertiary/aromatic N) is 2. The van der Waals surface area contributed by atoms with E-state index in [2.05, 4.69) is 45.0 Å². The zero-order valence-corrected chi connectivity index (χ0v) is 12.2. The normalized spacial score (nSPS) is 13.4. The Morgan fingerprint density at radius 2 is 1.94 bits per heavy atom. The molecule has 0 saturated heterocycles. The highest BCUT2D eigenvalue weighted by Gasteiger charge is 2.16. The summed E-state index contributed by atoms with van der Waals surface area (Å²) >= 11 is 0. The molecular formula is C14H27N3. The molecule has 0 bridgehead atoms. The van der Waals surface area contributed by atoms with Gasteiger partial charge in [-0.3, -0.25) is 4.68 Å². The zero-order valence-electron chi connectivity index (χ0n) is 12.2. The second kappa shape index (κ2) is 6.20. The van der Waals surface area contributed by atoms with E-state index in [-0.39, 0.29) is 0 Å². The molecule has 3 nitrogen and oxygen atoms in total. The van der Waals surface area contributed by atoms with Crippen LogP contribution in [0.2, 0.25) is 0 Å². The first-order valence-corrected chi connectivity index (χ1v) is 6.68. The SMILES string of the molecule is CCNC(Cc1c(C)nn(C)c1C)CC(C)C. The Morgan fingerprint density at radius 3 is 2.35 bits per heavy atom. The third kappa shape index (κ3) is 3.84. The zero-order chi connectivity index (χ0) is 13.0. The van der Waals surface area contributed by atoms with Gasteiger partial charge in [-0.2, -0.15) is 5.10 Å². The smallest absolute Gasteiger partial charge is 0.0628 e. The molecule has 3 heteroatoms. The van der Waals surface area contributed by atoms with Gasteiger partial charge in [0, 0.05) is 18.8 Å². The van der Waals surface area contributed by atoms with E-state index in [1.807, 2.05) is 11.7 Å². The van der Waals surface area contributed by atoms with Crippen LogP contribution in [-0.2, 0) is 13.5 Å². The maximum absolute atomic E-state index is 4.49. The van der Waals surface area contributed by atoms with Crippen molar-refractivity contribution in [3.8, 4) is 0 Å². The second-order valence-electron chi connectivity index (χ2n) is 5.36. The molecule has 1 unspecified atom stereocenters. The van der Waals surface area contributed by atoms with Crippen LogP contribution in [-0.4, -0.2) is 22.4 Å². The van der Waals surface area contributed by atoms with Crippen LogP contribution in [0.1, 0.15) is 44.1 Å². The van der Waals surface area contributed by atoms with Gasteiger partial charge in [-0.05, 0) is 44.7 Å². The maximum atomic E-state index is 4.49. The van der Waals surface area contributed by atoms with Gasteiger partial charge in [0.15, 0.2) is 0 Å². The fraction of sp³-hybridized carbons (Fsp3) is 0.786. The first kappa shape index (κ1) is 14.2. The van der Waals surface area contributed by atoms with Crippen molar-refractivity contribution >= 4 is 0 Å². The highest BCUT2D eigenvalue weighted by molar-refractivity contribution is 5.25. The number of rotatable bonds is 6. The van der Waals surface area contributed by atoms with Gasteiger partial charge in [0.05, 0.1) is 5.69 Å². The van der Waals surface area contributed by atoms with Crippen molar-refractivity contribution < 1.29 is 0 Å². The first-order chi connectivity index (χ1) is 7.95. The average molecular weight is 237 g/mol. The van der Waals surface area contributed by atoms with E-state index in [1.54, 1.807) is 0 Å². The van der Waals surface area contributed by atoms with Gasteiger partial charge in [0.1, 0.15) is 0 Å². The molecular weight excluding hydrogens is 210 g/mol. The lowest BCUT2D eigenvalue weighted by molar-refractivity contribution is 0.423. The van der Waals surface area contributed by atoms with E-state index in [0.29, 0.717) is 6.04 Å². The van der Waals surface area contributed by atoms with Crippen molar-refractivity contribution in [2.75, 3.05) is 6.54 Å². The molecule has 1 heterocycles. The number of nitrogens with one attached hydrogen (secondary N) is 1. The molecule has 0 aliphatic rings. The molecule has 0 spiro atoms. The Balaban J connectivity index is 2.78. The quantitative estimate of drug-likeness (QED) is 0.824. The van der Waals surface area contributed by atoms with E-state index in [1.165, 1.54) is 23.4 Å². The van der Waals surface area contributed by atoms with Crippen molar-refractivity contribution in [3.05, 3.63) is 17.0 Å². The van der Waals surface area contributed by atoms with Crippen LogP contribution in [0.3, 0.4) is 0 Å². The van der Waals surface area contributed by atoms with Crippen molar-refractivity contribution in [2.24, 2.45) is 13.0 Å². The van der Waals surface area contributed by atoms with Gasteiger partial charge in [0.2, 0.25) is 0 Å². The number of hydrogen-bond donors (Lipinski definition) is 1. The minimum atomic E-state index is 0.571. The Morgan fingerprint density at radius 1 is 1.29 bits per heavy atom. The number of likely N-dealkylation sites (N-methyl/N-ethyl adjacent to an activating group) is 1. The molecule has 98 valence electrons. The van der Waals surface area contributed by atoms with Crippen molar-refractivity contribution in [1.82, 2.24) is 15.1 Å². The predicted octanol–water partition coefficient (Wildman–Crippen LogP) is 2.60. The molecule has 0 fully saturated rings. The van der Waals surface area contributed by atoms with Crippen molar-refractivity contribution in [1.29, 1.82) is 0 Å². The highest BCUT2D eigenvalue weighted by Crippen LogP contribution is 2.17. The molecule has 0 aliphatic carbocycles. The van der Waals surface area contributed by atoms with Crippen LogP contribution in [0.15, 0.2) is 0 Å². The molecule has 0 aliphatic heterocycles. The molecule has 0 aromatic carbocycles. The summed E-state index contributed by atoms with van der Waals surface area (Å²) in [7, 11) is 2.02. The Kier molecular flexibility index (Phi) is 5.19. The largest absolute Gasteiger partial charge is 0.314 e. The van der Waals surface area contributed by atoms with Crippen LogP contribution >= 0.6 is 0 Å². The highest BCUT2D eigenvalue weighted by atomic mass is 15.3. The summed E-state index contributed by atoms with van der Waals surface area (Å²) in [6.45, 7) is 12.1. The van der Waals surface area contributed by atoms with Gasteiger partial charge < -0.3 is 5.32 Å². The Bertz CT molecular complexity index is 353. The molecule has 1 N–H and O–H groups in total. The molecule has 0 saturated carbocycles. The lowest BCUT2D eigenvalue weighted by atomic mass is 9.96. The van der Waals surface area contributed by atoms with Crippen LogP contribution in [0.25, 0.3) is 0 Å². The lowest BCUT2D eigenvalue weighted by Gasteiger charge is -2.20. The van der Waals surface area contributed by atoms with Crippen LogP contribution in [0.4, 0.5) is 0 Å². The van der Waals surface area contributed by atoms with E-state index < -0.39 is 0 Å². The van der Waals surface area contributed by atoms with Gasteiger partial charge in [-0.25, -0.2) is 0 Å². The maximum Gasteiger partial charge on any atom is 0.0628 e. The summed E-state index contributed by atoms with van der Waals surface area (Å²) in [5, 5.41) is 8.08. The number of aryl methyl sites for hydroxylation is 2. The summed E-state index contributed by atoms with van der Waals surface area (Å²) in [6.07, 6.45) is 2.32. The van der Waals surface area contributed by atoms with Gasteiger partial charge in [0.25, 0.3) is 0 Å². The van der Waals surface area contributed by atoms with Gasteiger partial charge in [-0.15, -0.1) is 0 Å². The Labute approximate surface area is 106 Å². The van der Waals surface area contributed by atoms with Crippen LogP contribution in [0, 0.1) is 19.8 Å². The molecule has 1 aromatic heterocycles. The third-order valence-electron chi connectivity index (χ3n) is 3.36. The first-order valence-electron chi connectivity index (χ1n) is 6.68. The fourth-order valence-corrected chi connectivity index (χ4v) is 2.46. The fourth-order valence-electron chi connectivity index (χ4n) is 2.46. The van der Waals surface area contributed by atoms with E-state index in [9.17, 15) is 0 Å². The average Bonchev–Trinajstić information content (AvgIpc) is 2.44. The van der Waals surface area contributed by atoms with Crippen LogP contribution in [0.5, 0.6) is 0 Å². The minimum absolute atomic E-state index is 0.571. The summed E-state index contributed by atoms with van der Waals surface area (Å²) in [5.74, 6) is 0.733. The number of aromatic nitrogens is 2. The summed E-state index contributed by atoms with van der Waals surface area (Å²) < 4.78 is 1.99. The summed E-state index contributed by atoms with van der Waals surface area (Å²) in [4.78, 5) is 0. The predicted molar refractivity (Wildman–Crippen MR) is 73.3 cm³/mol. The van der Waals surface area contributed by atoms with Crippen LogP contribution < -0.4 is 5.32 Å². The van der Waals surface area contributed by atoms with Gasteiger partial charge in [-0.1, -0.05) is 20.8 Å². The van der Waals surface area contributed by atoms with E-state index in [4.69, 9.17) is 0 Å². The van der Waals surface area contributed by atoms with E-state index >= 15 is 0 Å². The standard InChI is InChI=1S/C14H27N3/c1-7-15-13(8-10(2)3)9-14-11(4)16-17(6)12(14)5/h10,13,15H,7-9H2,1-6H3. The lowest BCUT2D eigenvalue weighted by Crippen LogP contribution is -2.32. The Hall–Kier alpha value is -0.830. The molecule has 1 rings (SSSR count). The summed E-state index contributed by atoms with van der Waals surface area (Å²) in [5.41, 5.74) is 3.89. The van der Waals surface area contributed by atoms with E-state index in [0.717, 1.165) is 18.9 Å². The molecule has 17 heavy (non-hydrogen) atoms. The third-order valence-corrected chi connectivity index (χ3v) is 3.36. The molecule has 0 amide bonds. The van der Waals surface area contributed by atoms with Gasteiger partial charge >= 0.3 is 0 Å². The second-order valence-corrected chi connectivity index (χ2v) is 5.36. The topological polar surface area (TPSA) is 29.9 Å². The monoisotopic (exact) mass is 237 g/mol. The number of hydrogen-bond acceptors (Lipinski definition) is 2. The summed E-state index contributed by atoms with van der Waals surface area (Å²) in [6, 6.07) is 0.571. The van der Waals surface area contributed by atoms with Crippen molar-refractivity contribution in [3.63, 3.8) is 0 Å². The van der Waals surface area contributed by atoms with Crippen molar-refractivity contribution in [2.45, 2.75) is 53.5 Å². The molecule has 1 aromatic rings. The molecule has 0 radical (unpaired) electrons.